The highest BCUT2D eigenvalue weighted by Gasteiger charge is 2.16. The zero-order valence-electron chi connectivity index (χ0n) is 10.7. The normalized spacial score (nSPS) is 16.6. The molecule has 1 aliphatic rings. The van der Waals surface area contributed by atoms with Crippen molar-refractivity contribution in [1.82, 2.24) is 5.32 Å². The third-order valence-corrected chi connectivity index (χ3v) is 4.27. The molecule has 18 heavy (non-hydrogen) atoms. The summed E-state index contributed by atoms with van der Waals surface area (Å²) >= 11 is 1.68. The number of nitrogens with one attached hydrogen (secondary N) is 1. The Morgan fingerprint density at radius 1 is 1.39 bits per heavy atom. The molecular formula is C13H19NO3S. The van der Waals surface area contributed by atoms with Crippen molar-refractivity contribution in [3.8, 4) is 11.5 Å². The van der Waals surface area contributed by atoms with Crippen LogP contribution in [0.4, 0.5) is 0 Å². The highest BCUT2D eigenvalue weighted by atomic mass is 32.2. The summed E-state index contributed by atoms with van der Waals surface area (Å²) in [6.45, 7) is 3.34. The minimum atomic E-state index is 0.191. The molecule has 0 bridgehead atoms. The number of hydrogen-bond acceptors (Lipinski definition) is 5. The molecule has 0 spiro atoms. The van der Waals surface area contributed by atoms with Gasteiger partial charge < -0.3 is 19.9 Å². The van der Waals surface area contributed by atoms with Gasteiger partial charge in [0, 0.05) is 17.8 Å². The van der Waals surface area contributed by atoms with Crippen LogP contribution in [0.5, 0.6) is 11.5 Å². The summed E-state index contributed by atoms with van der Waals surface area (Å²) in [7, 11) is 0. The molecule has 4 nitrogen and oxygen atoms in total. The fourth-order valence-electron chi connectivity index (χ4n) is 1.90. The first-order chi connectivity index (χ1) is 8.74. The molecule has 2 unspecified atom stereocenters. The summed E-state index contributed by atoms with van der Waals surface area (Å²) in [5.41, 5.74) is 1.16. The van der Waals surface area contributed by atoms with Crippen molar-refractivity contribution < 1.29 is 14.6 Å². The molecule has 0 saturated heterocycles. The van der Waals surface area contributed by atoms with E-state index in [1.54, 1.807) is 11.8 Å². The van der Waals surface area contributed by atoms with Crippen LogP contribution >= 0.6 is 11.8 Å². The molecule has 0 radical (unpaired) electrons. The Morgan fingerprint density at radius 3 is 2.89 bits per heavy atom. The lowest BCUT2D eigenvalue weighted by molar-refractivity contribution is 0.174. The van der Waals surface area contributed by atoms with E-state index >= 15 is 0 Å². The maximum absolute atomic E-state index is 9.22. The van der Waals surface area contributed by atoms with Crippen LogP contribution in [-0.2, 0) is 6.54 Å². The smallest absolute Gasteiger partial charge is 0.231 e. The van der Waals surface area contributed by atoms with E-state index in [2.05, 4.69) is 12.2 Å². The van der Waals surface area contributed by atoms with E-state index in [9.17, 15) is 5.11 Å². The van der Waals surface area contributed by atoms with Crippen LogP contribution < -0.4 is 14.8 Å². The summed E-state index contributed by atoms with van der Waals surface area (Å²) in [6, 6.07) is 6.22. The Kier molecular flexibility index (Phi) is 4.74. The molecule has 2 atom stereocenters. The fraction of sp³-hybridized carbons (Fsp3) is 0.538. The molecule has 0 saturated carbocycles. The quantitative estimate of drug-likeness (QED) is 0.822. The van der Waals surface area contributed by atoms with Gasteiger partial charge in [0.15, 0.2) is 11.5 Å². The molecular weight excluding hydrogens is 250 g/mol. The van der Waals surface area contributed by atoms with Gasteiger partial charge in [0.05, 0.1) is 6.61 Å². The fourth-order valence-corrected chi connectivity index (χ4v) is 2.55. The largest absolute Gasteiger partial charge is 0.454 e. The Hall–Kier alpha value is -0.910. The zero-order chi connectivity index (χ0) is 13.0. The standard InChI is InChI=1S/C13H19NO3S/c1-9(13(7-15)18-2)14-6-10-3-4-11-12(5-10)17-8-16-11/h3-5,9,13-15H,6-8H2,1-2H3. The summed E-state index contributed by atoms with van der Waals surface area (Å²) in [5, 5.41) is 12.9. The maximum atomic E-state index is 9.22. The first-order valence-electron chi connectivity index (χ1n) is 6.00. The highest BCUT2D eigenvalue weighted by Crippen LogP contribution is 2.32. The third kappa shape index (κ3) is 3.10. The molecule has 2 N–H and O–H groups in total. The van der Waals surface area contributed by atoms with Gasteiger partial charge in [0.1, 0.15) is 0 Å². The maximum Gasteiger partial charge on any atom is 0.231 e. The van der Waals surface area contributed by atoms with Crippen molar-refractivity contribution in [2.45, 2.75) is 24.8 Å². The second-order valence-corrected chi connectivity index (χ2v) is 5.39. The van der Waals surface area contributed by atoms with Gasteiger partial charge in [-0.3, -0.25) is 0 Å². The van der Waals surface area contributed by atoms with Crippen LogP contribution in [0.15, 0.2) is 18.2 Å². The molecule has 5 heteroatoms. The van der Waals surface area contributed by atoms with Crippen LogP contribution in [0.2, 0.25) is 0 Å². The molecule has 0 amide bonds. The SMILES string of the molecule is CSC(CO)C(C)NCc1ccc2c(c1)OCO2. The Balaban J connectivity index is 1.90. The molecule has 2 rings (SSSR count). The van der Waals surface area contributed by atoms with Gasteiger partial charge in [-0.2, -0.15) is 11.8 Å². The van der Waals surface area contributed by atoms with E-state index in [0.717, 1.165) is 23.6 Å². The Morgan fingerprint density at radius 2 is 2.17 bits per heavy atom. The van der Waals surface area contributed by atoms with Gasteiger partial charge >= 0.3 is 0 Å². The Labute approximate surface area is 112 Å². The summed E-state index contributed by atoms with van der Waals surface area (Å²) in [5.74, 6) is 1.62. The average Bonchev–Trinajstić information content (AvgIpc) is 2.85. The lowest BCUT2D eigenvalue weighted by Gasteiger charge is -2.21. The predicted molar refractivity (Wildman–Crippen MR) is 73.3 cm³/mol. The number of aliphatic hydroxyl groups is 1. The molecule has 1 aromatic carbocycles. The van der Waals surface area contributed by atoms with E-state index in [1.807, 2.05) is 24.5 Å². The topological polar surface area (TPSA) is 50.7 Å². The zero-order valence-corrected chi connectivity index (χ0v) is 11.5. The van der Waals surface area contributed by atoms with Crippen LogP contribution in [0.3, 0.4) is 0 Å². The van der Waals surface area contributed by atoms with Crippen LogP contribution in [0, 0.1) is 0 Å². The minimum Gasteiger partial charge on any atom is -0.454 e. The van der Waals surface area contributed by atoms with Gasteiger partial charge in [-0.1, -0.05) is 6.07 Å². The lowest BCUT2D eigenvalue weighted by Crippen LogP contribution is -2.37. The number of rotatable bonds is 6. The number of aliphatic hydroxyl groups excluding tert-OH is 1. The van der Waals surface area contributed by atoms with E-state index < -0.39 is 0 Å². The van der Waals surface area contributed by atoms with Crippen molar-refractivity contribution in [2.24, 2.45) is 0 Å². The first-order valence-corrected chi connectivity index (χ1v) is 7.29. The molecule has 100 valence electrons. The Bertz CT molecular complexity index is 396. The van der Waals surface area contributed by atoms with Crippen LogP contribution in [0.1, 0.15) is 12.5 Å². The van der Waals surface area contributed by atoms with Gasteiger partial charge in [0.2, 0.25) is 6.79 Å². The molecule has 0 fully saturated rings. The monoisotopic (exact) mass is 269 g/mol. The highest BCUT2D eigenvalue weighted by molar-refractivity contribution is 7.99. The van der Waals surface area contributed by atoms with E-state index in [-0.39, 0.29) is 17.9 Å². The van der Waals surface area contributed by atoms with Gasteiger partial charge in [-0.05, 0) is 30.9 Å². The third-order valence-electron chi connectivity index (χ3n) is 3.11. The minimum absolute atomic E-state index is 0.191. The molecule has 1 aliphatic heterocycles. The number of fused-ring (bicyclic) bond motifs is 1. The predicted octanol–water partition coefficient (Wildman–Crippen LogP) is 1.62. The van der Waals surface area contributed by atoms with Crippen molar-refractivity contribution in [1.29, 1.82) is 0 Å². The van der Waals surface area contributed by atoms with Crippen molar-refractivity contribution >= 4 is 11.8 Å². The molecule has 0 aromatic heterocycles. The number of benzene rings is 1. The second-order valence-electron chi connectivity index (χ2n) is 4.31. The summed E-state index contributed by atoms with van der Waals surface area (Å²) in [4.78, 5) is 0. The van der Waals surface area contributed by atoms with Gasteiger partial charge in [-0.15, -0.1) is 0 Å². The number of ether oxygens (including phenoxy) is 2. The van der Waals surface area contributed by atoms with Crippen molar-refractivity contribution in [3.63, 3.8) is 0 Å². The molecule has 1 aromatic rings. The molecule has 1 heterocycles. The number of hydrogen-bond donors (Lipinski definition) is 2. The average molecular weight is 269 g/mol. The van der Waals surface area contributed by atoms with Crippen LogP contribution in [0.25, 0.3) is 0 Å². The van der Waals surface area contributed by atoms with Crippen LogP contribution in [-0.4, -0.2) is 36.1 Å². The number of thioether (sulfide) groups is 1. The summed E-state index contributed by atoms with van der Waals surface area (Å²) in [6.07, 6.45) is 2.01. The van der Waals surface area contributed by atoms with E-state index in [1.165, 1.54) is 0 Å². The van der Waals surface area contributed by atoms with Gasteiger partial charge in [0.25, 0.3) is 0 Å². The van der Waals surface area contributed by atoms with Crippen molar-refractivity contribution in [2.75, 3.05) is 19.7 Å². The van der Waals surface area contributed by atoms with E-state index in [0.29, 0.717) is 6.79 Å². The molecule has 0 aliphatic carbocycles. The second kappa shape index (κ2) is 6.31. The van der Waals surface area contributed by atoms with Crippen molar-refractivity contribution in [3.05, 3.63) is 23.8 Å². The lowest BCUT2D eigenvalue weighted by atomic mass is 10.1. The van der Waals surface area contributed by atoms with E-state index in [4.69, 9.17) is 9.47 Å². The van der Waals surface area contributed by atoms with Gasteiger partial charge in [-0.25, -0.2) is 0 Å². The first kappa shape index (κ1) is 13.5. The summed E-state index contributed by atoms with van der Waals surface area (Å²) < 4.78 is 10.6.